The van der Waals surface area contributed by atoms with E-state index in [2.05, 4.69) is 20.7 Å². The van der Waals surface area contributed by atoms with Gasteiger partial charge in [-0.1, -0.05) is 39.7 Å². The maximum absolute atomic E-state index is 12.2. The van der Waals surface area contributed by atoms with Crippen molar-refractivity contribution in [3.63, 3.8) is 0 Å². The summed E-state index contributed by atoms with van der Waals surface area (Å²) in [6, 6.07) is 13.3. The number of benzene rings is 2. The minimum Gasteiger partial charge on any atom is -0.207 e. The number of hydrogen-bond donors (Lipinski definition) is 1. The van der Waals surface area contributed by atoms with Gasteiger partial charge in [-0.05, 0) is 48.9 Å². The molecule has 0 aliphatic carbocycles. The summed E-state index contributed by atoms with van der Waals surface area (Å²) in [5.41, 5.74) is 0.894. The van der Waals surface area contributed by atoms with E-state index in [1.165, 1.54) is 12.1 Å². The van der Waals surface area contributed by atoms with Crippen LogP contribution < -0.4 is 4.72 Å². The van der Waals surface area contributed by atoms with Gasteiger partial charge in [-0.3, -0.25) is 0 Å². The van der Waals surface area contributed by atoms with Crippen molar-refractivity contribution < 1.29 is 8.42 Å². The molecule has 2 aromatic carbocycles. The second-order valence-corrected chi connectivity index (χ2v) is 7.41. The highest BCUT2D eigenvalue weighted by molar-refractivity contribution is 9.10. The molecule has 2 rings (SSSR count). The van der Waals surface area contributed by atoms with Gasteiger partial charge in [-0.25, -0.2) is 13.1 Å². The van der Waals surface area contributed by atoms with Crippen molar-refractivity contribution in [3.8, 4) is 0 Å². The van der Waals surface area contributed by atoms with Gasteiger partial charge in [0.15, 0.2) is 0 Å². The molecule has 20 heavy (non-hydrogen) atoms. The van der Waals surface area contributed by atoms with Gasteiger partial charge < -0.3 is 0 Å². The van der Waals surface area contributed by atoms with E-state index in [9.17, 15) is 8.42 Å². The van der Waals surface area contributed by atoms with Crippen molar-refractivity contribution in [2.75, 3.05) is 0 Å². The van der Waals surface area contributed by atoms with Crippen LogP contribution in [-0.4, -0.2) is 8.42 Å². The summed E-state index contributed by atoms with van der Waals surface area (Å²) in [6.07, 6.45) is 0. The molecule has 0 saturated heterocycles. The molecule has 0 radical (unpaired) electrons. The van der Waals surface area contributed by atoms with Crippen molar-refractivity contribution in [1.29, 1.82) is 0 Å². The summed E-state index contributed by atoms with van der Waals surface area (Å²) in [5.74, 6) is 0. The maximum Gasteiger partial charge on any atom is 0.241 e. The lowest BCUT2D eigenvalue weighted by atomic mass is 10.1. The normalized spacial score (nSPS) is 13.2. The number of halogens is 2. The van der Waals surface area contributed by atoms with E-state index in [4.69, 9.17) is 11.6 Å². The second kappa shape index (κ2) is 6.26. The monoisotopic (exact) mass is 373 g/mol. The first-order valence-corrected chi connectivity index (χ1v) is 8.57. The average molecular weight is 375 g/mol. The summed E-state index contributed by atoms with van der Waals surface area (Å²) in [7, 11) is -3.55. The van der Waals surface area contributed by atoms with E-state index in [0.717, 1.165) is 10.0 Å². The van der Waals surface area contributed by atoms with Crippen LogP contribution in [-0.2, 0) is 10.0 Å². The highest BCUT2D eigenvalue weighted by atomic mass is 79.9. The Morgan fingerprint density at radius 3 is 2.15 bits per heavy atom. The molecule has 1 atom stereocenters. The van der Waals surface area contributed by atoms with Crippen LogP contribution in [0.5, 0.6) is 0 Å². The van der Waals surface area contributed by atoms with Gasteiger partial charge in [-0.2, -0.15) is 0 Å². The van der Waals surface area contributed by atoms with E-state index < -0.39 is 10.0 Å². The van der Waals surface area contributed by atoms with Gasteiger partial charge in [0, 0.05) is 15.5 Å². The van der Waals surface area contributed by atoms with Crippen LogP contribution in [0.15, 0.2) is 57.9 Å². The van der Waals surface area contributed by atoms with E-state index in [1.54, 1.807) is 19.1 Å². The topological polar surface area (TPSA) is 46.2 Å². The van der Waals surface area contributed by atoms with Crippen LogP contribution in [0.4, 0.5) is 0 Å². The lowest BCUT2D eigenvalue weighted by molar-refractivity contribution is 0.567. The zero-order chi connectivity index (χ0) is 14.8. The Labute approximate surface area is 132 Å². The quantitative estimate of drug-likeness (QED) is 0.874. The van der Waals surface area contributed by atoms with Crippen molar-refractivity contribution >= 4 is 37.6 Å². The molecule has 0 aliphatic heterocycles. The van der Waals surface area contributed by atoms with Gasteiger partial charge in [0.05, 0.1) is 4.90 Å². The fourth-order valence-corrected chi connectivity index (χ4v) is 3.36. The molecule has 0 bridgehead atoms. The van der Waals surface area contributed by atoms with Crippen molar-refractivity contribution in [2.24, 2.45) is 0 Å². The Morgan fingerprint density at radius 1 is 1.05 bits per heavy atom. The summed E-state index contributed by atoms with van der Waals surface area (Å²) >= 11 is 9.11. The number of sulfonamides is 1. The summed E-state index contributed by atoms with van der Waals surface area (Å²) < 4.78 is 28.1. The highest BCUT2D eigenvalue weighted by Gasteiger charge is 2.18. The van der Waals surface area contributed by atoms with Crippen LogP contribution in [0.25, 0.3) is 0 Å². The van der Waals surface area contributed by atoms with E-state index in [0.29, 0.717) is 5.02 Å². The fourth-order valence-electron chi connectivity index (χ4n) is 1.73. The van der Waals surface area contributed by atoms with E-state index in [-0.39, 0.29) is 10.9 Å². The largest absolute Gasteiger partial charge is 0.241 e. The third-order valence-corrected chi connectivity index (χ3v) is 5.16. The molecule has 0 saturated carbocycles. The molecule has 0 aromatic heterocycles. The molecular weight excluding hydrogens is 362 g/mol. The average Bonchev–Trinajstić information content (AvgIpc) is 2.39. The molecule has 0 amide bonds. The molecule has 0 spiro atoms. The van der Waals surface area contributed by atoms with Crippen molar-refractivity contribution in [3.05, 3.63) is 63.6 Å². The summed E-state index contributed by atoms with van der Waals surface area (Å²) in [4.78, 5) is 0.200. The SMILES string of the molecule is C[C@H](NS(=O)(=O)c1ccc(Cl)cc1)c1ccc(Br)cc1. The fraction of sp³-hybridized carbons (Fsp3) is 0.143. The Bertz CT molecular complexity index is 684. The van der Waals surface area contributed by atoms with Gasteiger partial charge in [0.25, 0.3) is 0 Å². The smallest absolute Gasteiger partial charge is 0.207 e. The van der Waals surface area contributed by atoms with E-state index >= 15 is 0 Å². The molecule has 106 valence electrons. The van der Waals surface area contributed by atoms with Gasteiger partial charge in [0.2, 0.25) is 10.0 Å². The molecule has 0 fully saturated rings. The van der Waals surface area contributed by atoms with Crippen LogP contribution in [0, 0.1) is 0 Å². The van der Waals surface area contributed by atoms with Gasteiger partial charge >= 0.3 is 0 Å². The Kier molecular flexibility index (Phi) is 4.86. The standard InChI is InChI=1S/C14H13BrClNO2S/c1-10(11-2-4-12(15)5-3-11)17-20(18,19)14-8-6-13(16)7-9-14/h2-10,17H,1H3/t10-/m0/s1. The van der Waals surface area contributed by atoms with Crippen LogP contribution >= 0.6 is 27.5 Å². The predicted molar refractivity (Wildman–Crippen MR) is 84.3 cm³/mol. The van der Waals surface area contributed by atoms with Crippen LogP contribution in [0.1, 0.15) is 18.5 Å². The molecule has 0 aliphatic rings. The number of rotatable bonds is 4. The zero-order valence-corrected chi connectivity index (χ0v) is 13.8. The number of hydrogen-bond acceptors (Lipinski definition) is 2. The zero-order valence-electron chi connectivity index (χ0n) is 10.7. The van der Waals surface area contributed by atoms with Crippen molar-refractivity contribution in [1.82, 2.24) is 4.72 Å². The first-order valence-electron chi connectivity index (χ1n) is 5.92. The second-order valence-electron chi connectivity index (χ2n) is 4.35. The van der Waals surface area contributed by atoms with Gasteiger partial charge in [-0.15, -0.1) is 0 Å². The minimum atomic E-state index is -3.55. The van der Waals surface area contributed by atoms with Crippen LogP contribution in [0.2, 0.25) is 5.02 Å². The third-order valence-electron chi connectivity index (χ3n) is 2.83. The molecular formula is C14H13BrClNO2S. The molecule has 1 N–H and O–H groups in total. The summed E-state index contributed by atoms with van der Waals surface area (Å²) in [6.45, 7) is 1.80. The Hall–Kier alpha value is -0.880. The first-order chi connectivity index (χ1) is 9.38. The predicted octanol–water partition coefficient (Wildman–Crippen LogP) is 4.14. The first kappa shape index (κ1) is 15.5. The van der Waals surface area contributed by atoms with E-state index in [1.807, 2.05) is 24.3 Å². The molecule has 3 nitrogen and oxygen atoms in total. The molecule has 6 heteroatoms. The Balaban J connectivity index is 2.19. The molecule has 0 unspecified atom stereocenters. The Morgan fingerprint density at radius 2 is 1.60 bits per heavy atom. The minimum absolute atomic E-state index is 0.200. The number of nitrogens with one attached hydrogen (secondary N) is 1. The molecule has 2 aromatic rings. The lowest BCUT2D eigenvalue weighted by Gasteiger charge is -2.14. The molecule has 0 heterocycles. The third kappa shape index (κ3) is 3.82. The van der Waals surface area contributed by atoms with Crippen molar-refractivity contribution in [2.45, 2.75) is 17.9 Å². The van der Waals surface area contributed by atoms with Gasteiger partial charge in [0.1, 0.15) is 0 Å². The maximum atomic E-state index is 12.2. The summed E-state index contributed by atoms with van der Waals surface area (Å²) in [5, 5.41) is 0.505. The highest BCUT2D eigenvalue weighted by Crippen LogP contribution is 2.20. The lowest BCUT2D eigenvalue weighted by Crippen LogP contribution is -2.26. The van der Waals surface area contributed by atoms with Crippen LogP contribution in [0.3, 0.4) is 0 Å².